The van der Waals surface area contributed by atoms with Crippen molar-refractivity contribution in [3.8, 4) is 0 Å². The minimum atomic E-state index is 0.413. The lowest BCUT2D eigenvalue weighted by atomic mass is 10.0. The molecule has 0 radical (unpaired) electrons. The standard InChI is InChI=1S/C18H27N5/c1-3-19-18(20-11-7-13-23-14-8-12-22-23)21-15-16(2)17-9-5-4-6-10-17/h4-6,8-10,12,14,16H,3,7,11,13,15H2,1-2H3,(H2,19,20,21). The second-order valence-electron chi connectivity index (χ2n) is 5.58. The Kier molecular flexibility index (Phi) is 7.17. The molecule has 1 atom stereocenters. The topological polar surface area (TPSA) is 54.2 Å². The summed E-state index contributed by atoms with van der Waals surface area (Å²) in [5.41, 5.74) is 1.32. The first kappa shape index (κ1) is 17.1. The third kappa shape index (κ3) is 6.14. The van der Waals surface area contributed by atoms with Gasteiger partial charge in [0.25, 0.3) is 0 Å². The molecule has 5 heteroatoms. The van der Waals surface area contributed by atoms with Gasteiger partial charge in [-0.3, -0.25) is 9.67 Å². The van der Waals surface area contributed by atoms with Crippen LogP contribution < -0.4 is 10.6 Å². The summed E-state index contributed by atoms with van der Waals surface area (Å²) >= 11 is 0. The number of hydrogen-bond donors (Lipinski definition) is 2. The van der Waals surface area contributed by atoms with Gasteiger partial charge in [0.05, 0.1) is 0 Å². The van der Waals surface area contributed by atoms with Crippen LogP contribution in [-0.2, 0) is 6.54 Å². The molecule has 5 nitrogen and oxygen atoms in total. The Morgan fingerprint density at radius 1 is 1.22 bits per heavy atom. The molecule has 1 aromatic heterocycles. The molecule has 0 saturated heterocycles. The van der Waals surface area contributed by atoms with Crippen molar-refractivity contribution in [2.24, 2.45) is 4.99 Å². The van der Waals surface area contributed by atoms with Gasteiger partial charge >= 0.3 is 0 Å². The van der Waals surface area contributed by atoms with E-state index in [0.717, 1.165) is 38.6 Å². The van der Waals surface area contributed by atoms with E-state index >= 15 is 0 Å². The fraction of sp³-hybridized carbons (Fsp3) is 0.444. The van der Waals surface area contributed by atoms with E-state index in [2.05, 4.69) is 53.8 Å². The number of benzene rings is 1. The maximum Gasteiger partial charge on any atom is 0.191 e. The maximum atomic E-state index is 4.70. The number of aromatic nitrogens is 2. The first-order chi connectivity index (χ1) is 11.3. The van der Waals surface area contributed by atoms with E-state index in [4.69, 9.17) is 4.99 Å². The molecule has 0 saturated carbocycles. The van der Waals surface area contributed by atoms with Crippen LogP contribution in [0.15, 0.2) is 53.8 Å². The van der Waals surface area contributed by atoms with E-state index in [1.165, 1.54) is 5.56 Å². The highest BCUT2D eigenvalue weighted by molar-refractivity contribution is 5.79. The second-order valence-corrected chi connectivity index (χ2v) is 5.58. The predicted octanol–water partition coefficient (Wildman–Crippen LogP) is 2.63. The van der Waals surface area contributed by atoms with Crippen LogP contribution in [0.5, 0.6) is 0 Å². The largest absolute Gasteiger partial charge is 0.357 e. The Hall–Kier alpha value is -2.30. The Balaban J connectivity index is 1.77. The van der Waals surface area contributed by atoms with E-state index in [-0.39, 0.29) is 0 Å². The van der Waals surface area contributed by atoms with E-state index in [1.807, 2.05) is 29.2 Å². The number of aliphatic imine (C=N–C) groups is 1. The summed E-state index contributed by atoms with van der Waals surface area (Å²) in [6.45, 7) is 7.73. The number of nitrogens with one attached hydrogen (secondary N) is 2. The Bertz CT molecular complexity index is 562. The zero-order valence-electron chi connectivity index (χ0n) is 14.1. The highest BCUT2D eigenvalue weighted by Gasteiger charge is 2.04. The number of guanidine groups is 1. The highest BCUT2D eigenvalue weighted by atomic mass is 15.3. The molecule has 23 heavy (non-hydrogen) atoms. The molecule has 0 aliphatic heterocycles. The smallest absolute Gasteiger partial charge is 0.191 e. The van der Waals surface area contributed by atoms with Crippen molar-refractivity contribution in [2.45, 2.75) is 32.7 Å². The number of aryl methyl sites for hydroxylation is 1. The summed E-state index contributed by atoms with van der Waals surface area (Å²) in [7, 11) is 0. The molecule has 0 amide bonds. The maximum absolute atomic E-state index is 4.70. The molecule has 124 valence electrons. The average molecular weight is 313 g/mol. The van der Waals surface area contributed by atoms with E-state index in [9.17, 15) is 0 Å². The van der Waals surface area contributed by atoms with Crippen molar-refractivity contribution in [3.63, 3.8) is 0 Å². The Labute approximate surface area is 138 Å². The van der Waals surface area contributed by atoms with Crippen molar-refractivity contribution in [3.05, 3.63) is 54.4 Å². The van der Waals surface area contributed by atoms with Crippen molar-refractivity contribution in [2.75, 3.05) is 19.6 Å². The fourth-order valence-electron chi connectivity index (χ4n) is 2.34. The highest BCUT2D eigenvalue weighted by Crippen LogP contribution is 2.14. The molecular formula is C18H27N5. The van der Waals surface area contributed by atoms with Crippen LogP contribution >= 0.6 is 0 Å². The van der Waals surface area contributed by atoms with E-state index in [0.29, 0.717) is 5.92 Å². The van der Waals surface area contributed by atoms with Crippen molar-refractivity contribution in [1.82, 2.24) is 20.4 Å². The molecule has 0 aliphatic carbocycles. The van der Waals surface area contributed by atoms with Gasteiger partial charge in [-0.15, -0.1) is 0 Å². The Morgan fingerprint density at radius 2 is 2.04 bits per heavy atom. The van der Waals surface area contributed by atoms with Crippen LogP contribution in [-0.4, -0.2) is 35.4 Å². The predicted molar refractivity (Wildman–Crippen MR) is 95.7 cm³/mol. The molecule has 1 unspecified atom stereocenters. The van der Waals surface area contributed by atoms with Gasteiger partial charge in [0.2, 0.25) is 0 Å². The summed E-state index contributed by atoms with van der Waals surface area (Å²) < 4.78 is 1.95. The van der Waals surface area contributed by atoms with Crippen molar-refractivity contribution < 1.29 is 0 Å². The summed E-state index contributed by atoms with van der Waals surface area (Å²) in [5, 5.41) is 10.9. The van der Waals surface area contributed by atoms with Crippen LogP contribution in [0.3, 0.4) is 0 Å². The molecule has 0 aliphatic rings. The summed E-state index contributed by atoms with van der Waals surface area (Å²) in [4.78, 5) is 4.70. The van der Waals surface area contributed by atoms with Gasteiger partial charge < -0.3 is 10.6 Å². The van der Waals surface area contributed by atoms with Gasteiger partial charge in [0.15, 0.2) is 5.96 Å². The second kappa shape index (κ2) is 9.66. The normalized spacial score (nSPS) is 12.9. The first-order valence-electron chi connectivity index (χ1n) is 8.34. The molecule has 0 fully saturated rings. The van der Waals surface area contributed by atoms with Gasteiger partial charge in [0, 0.05) is 44.5 Å². The quantitative estimate of drug-likeness (QED) is 0.447. The minimum absolute atomic E-state index is 0.413. The summed E-state index contributed by atoms with van der Waals surface area (Å²) in [6, 6.07) is 12.5. The van der Waals surface area contributed by atoms with Crippen LogP contribution in [0.4, 0.5) is 0 Å². The minimum Gasteiger partial charge on any atom is -0.357 e. The van der Waals surface area contributed by atoms with Crippen molar-refractivity contribution >= 4 is 5.96 Å². The van der Waals surface area contributed by atoms with E-state index in [1.54, 1.807) is 0 Å². The van der Waals surface area contributed by atoms with Crippen molar-refractivity contribution in [1.29, 1.82) is 0 Å². The molecule has 0 bridgehead atoms. The zero-order valence-corrected chi connectivity index (χ0v) is 14.1. The lowest BCUT2D eigenvalue weighted by Gasteiger charge is -2.13. The zero-order chi connectivity index (χ0) is 16.3. The molecule has 2 rings (SSSR count). The molecule has 1 heterocycles. The summed E-state index contributed by atoms with van der Waals surface area (Å²) in [6.07, 6.45) is 4.81. The third-order valence-corrected chi connectivity index (χ3v) is 3.65. The fourth-order valence-corrected chi connectivity index (χ4v) is 2.34. The molecule has 0 spiro atoms. The van der Waals surface area contributed by atoms with Gasteiger partial charge in [-0.05, 0) is 25.0 Å². The molecular weight excluding hydrogens is 286 g/mol. The average Bonchev–Trinajstić information content (AvgIpc) is 3.10. The van der Waals surface area contributed by atoms with Gasteiger partial charge in [-0.2, -0.15) is 5.10 Å². The molecule has 2 N–H and O–H groups in total. The third-order valence-electron chi connectivity index (χ3n) is 3.65. The molecule has 1 aromatic carbocycles. The van der Waals surface area contributed by atoms with Crippen LogP contribution in [0.2, 0.25) is 0 Å². The van der Waals surface area contributed by atoms with Crippen LogP contribution in [0.1, 0.15) is 31.7 Å². The lowest BCUT2D eigenvalue weighted by Crippen LogP contribution is -2.38. The number of rotatable bonds is 8. The SMILES string of the molecule is CCNC(=NCC(C)c1ccccc1)NCCCn1cccn1. The molecule has 2 aromatic rings. The summed E-state index contributed by atoms with van der Waals surface area (Å²) in [5.74, 6) is 1.30. The van der Waals surface area contributed by atoms with Gasteiger partial charge in [0.1, 0.15) is 0 Å². The van der Waals surface area contributed by atoms with E-state index < -0.39 is 0 Å². The Morgan fingerprint density at radius 3 is 2.74 bits per heavy atom. The first-order valence-corrected chi connectivity index (χ1v) is 8.34. The van der Waals surface area contributed by atoms with Gasteiger partial charge in [-0.25, -0.2) is 0 Å². The number of hydrogen-bond acceptors (Lipinski definition) is 2. The monoisotopic (exact) mass is 313 g/mol. The lowest BCUT2D eigenvalue weighted by molar-refractivity contribution is 0.570. The van der Waals surface area contributed by atoms with Crippen LogP contribution in [0, 0.1) is 0 Å². The van der Waals surface area contributed by atoms with Crippen LogP contribution in [0.25, 0.3) is 0 Å². The van der Waals surface area contributed by atoms with Gasteiger partial charge in [-0.1, -0.05) is 37.3 Å². The number of nitrogens with zero attached hydrogens (tertiary/aromatic N) is 3.